The van der Waals surface area contributed by atoms with E-state index in [9.17, 15) is 4.79 Å². The molecule has 1 aromatic rings. The molecule has 0 aliphatic heterocycles. The van der Waals surface area contributed by atoms with Gasteiger partial charge in [0.15, 0.2) is 0 Å². The SMILES string of the molecule is COC(=O)c1ccc(C(C#N)NCCCO)cc1. The minimum absolute atomic E-state index is 0.0897. The number of rotatable bonds is 6. The van der Waals surface area contributed by atoms with Crippen LogP contribution in [0, 0.1) is 11.3 Å². The van der Waals surface area contributed by atoms with Gasteiger partial charge in [-0.3, -0.25) is 5.32 Å². The highest BCUT2D eigenvalue weighted by Crippen LogP contribution is 2.13. The van der Waals surface area contributed by atoms with E-state index in [4.69, 9.17) is 10.4 Å². The first-order valence-corrected chi connectivity index (χ1v) is 5.65. The maximum atomic E-state index is 11.2. The van der Waals surface area contributed by atoms with Crippen molar-refractivity contribution in [2.45, 2.75) is 12.5 Å². The molecule has 0 bridgehead atoms. The van der Waals surface area contributed by atoms with Crippen molar-refractivity contribution < 1.29 is 14.6 Å². The molecule has 1 aromatic carbocycles. The van der Waals surface area contributed by atoms with E-state index in [1.165, 1.54) is 7.11 Å². The van der Waals surface area contributed by atoms with Gasteiger partial charge in [0.05, 0.1) is 18.7 Å². The number of ether oxygens (including phenoxy) is 1. The average molecular weight is 248 g/mol. The Hall–Kier alpha value is -1.90. The zero-order valence-corrected chi connectivity index (χ0v) is 10.2. The van der Waals surface area contributed by atoms with Gasteiger partial charge < -0.3 is 9.84 Å². The maximum absolute atomic E-state index is 11.2. The number of esters is 1. The molecule has 18 heavy (non-hydrogen) atoms. The molecule has 5 nitrogen and oxygen atoms in total. The van der Waals surface area contributed by atoms with Gasteiger partial charge in [0, 0.05) is 6.61 Å². The third-order valence-corrected chi connectivity index (χ3v) is 2.48. The summed E-state index contributed by atoms with van der Waals surface area (Å²) in [6.45, 7) is 0.653. The largest absolute Gasteiger partial charge is 0.465 e. The normalized spacial score (nSPS) is 11.6. The molecule has 1 atom stereocenters. The Kier molecular flexibility index (Phi) is 5.85. The van der Waals surface area contributed by atoms with Crippen LogP contribution in [0.1, 0.15) is 28.4 Å². The fourth-order valence-electron chi connectivity index (χ4n) is 1.49. The number of carbonyl (C=O) groups is 1. The lowest BCUT2D eigenvalue weighted by Crippen LogP contribution is -2.21. The number of nitrogens with one attached hydrogen (secondary N) is 1. The first-order chi connectivity index (χ1) is 8.72. The van der Waals surface area contributed by atoms with Crippen LogP contribution in [0.4, 0.5) is 0 Å². The molecule has 0 aliphatic carbocycles. The summed E-state index contributed by atoms with van der Waals surface area (Å²) in [4.78, 5) is 11.2. The van der Waals surface area contributed by atoms with Crippen LogP contribution in [0.2, 0.25) is 0 Å². The second-order valence-corrected chi connectivity index (χ2v) is 3.71. The van der Waals surface area contributed by atoms with E-state index >= 15 is 0 Å². The van der Waals surface area contributed by atoms with Gasteiger partial charge in [0.2, 0.25) is 0 Å². The monoisotopic (exact) mass is 248 g/mol. The third kappa shape index (κ3) is 3.84. The van der Waals surface area contributed by atoms with Gasteiger partial charge >= 0.3 is 5.97 Å². The summed E-state index contributed by atoms with van der Waals surface area (Å²) in [6, 6.07) is 8.37. The molecule has 0 heterocycles. The molecule has 1 rings (SSSR count). The number of hydrogen-bond acceptors (Lipinski definition) is 5. The predicted octanol–water partition coefficient (Wildman–Crippen LogP) is 1.01. The number of nitriles is 1. The minimum atomic E-state index is -0.441. The topological polar surface area (TPSA) is 82.4 Å². The number of benzene rings is 1. The summed E-state index contributed by atoms with van der Waals surface area (Å²) >= 11 is 0. The van der Waals surface area contributed by atoms with Crippen LogP contribution < -0.4 is 5.32 Å². The van der Waals surface area contributed by atoms with E-state index in [0.717, 1.165) is 5.56 Å². The summed E-state index contributed by atoms with van der Waals surface area (Å²) in [6.07, 6.45) is 0.596. The fourth-order valence-corrected chi connectivity index (χ4v) is 1.49. The first kappa shape index (κ1) is 14.2. The van der Waals surface area contributed by atoms with E-state index in [-0.39, 0.29) is 6.61 Å². The zero-order valence-electron chi connectivity index (χ0n) is 10.2. The lowest BCUT2D eigenvalue weighted by Gasteiger charge is -2.11. The van der Waals surface area contributed by atoms with E-state index in [1.807, 2.05) is 0 Å². The number of aliphatic hydroxyl groups excluding tert-OH is 1. The van der Waals surface area contributed by atoms with Crippen LogP contribution in [0.3, 0.4) is 0 Å². The molecule has 1 unspecified atom stereocenters. The predicted molar refractivity (Wildman–Crippen MR) is 65.8 cm³/mol. The Labute approximate surface area is 106 Å². The summed E-state index contributed by atoms with van der Waals surface area (Å²) in [5, 5.41) is 20.7. The third-order valence-electron chi connectivity index (χ3n) is 2.48. The molecule has 0 saturated heterocycles. The van der Waals surface area contributed by atoms with E-state index in [0.29, 0.717) is 18.5 Å². The molecule has 96 valence electrons. The second kappa shape index (κ2) is 7.43. The number of carbonyl (C=O) groups excluding carboxylic acids is 1. The molecule has 0 radical (unpaired) electrons. The molecule has 0 saturated carbocycles. The molecule has 5 heteroatoms. The number of nitrogens with zero attached hydrogens (tertiary/aromatic N) is 1. The second-order valence-electron chi connectivity index (χ2n) is 3.71. The van der Waals surface area contributed by atoms with Crippen LogP contribution in [-0.4, -0.2) is 31.3 Å². The van der Waals surface area contributed by atoms with E-state index in [1.54, 1.807) is 24.3 Å². The van der Waals surface area contributed by atoms with Crippen LogP contribution in [-0.2, 0) is 4.74 Å². The lowest BCUT2D eigenvalue weighted by molar-refractivity contribution is 0.0600. The highest BCUT2D eigenvalue weighted by molar-refractivity contribution is 5.89. The van der Waals surface area contributed by atoms with Crippen LogP contribution in [0.15, 0.2) is 24.3 Å². The van der Waals surface area contributed by atoms with Crippen molar-refractivity contribution in [3.05, 3.63) is 35.4 Å². The Morgan fingerprint density at radius 1 is 1.50 bits per heavy atom. The maximum Gasteiger partial charge on any atom is 0.337 e. The van der Waals surface area contributed by atoms with Gasteiger partial charge in [-0.15, -0.1) is 0 Å². The van der Waals surface area contributed by atoms with Crippen LogP contribution in [0.5, 0.6) is 0 Å². The van der Waals surface area contributed by atoms with Crippen molar-refractivity contribution in [3.8, 4) is 6.07 Å². The van der Waals surface area contributed by atoms with Gasteiger partial charge in [-0.05, 0) is 30.7 Å². The molecule has 0 aromatic heterocycles. The highest BCUT2D eigenvalue weighted by atomic mass is 16.5. The minimum Gasteiger partial charge on any atom is -0.465 e. The molecular formula is C13H16N2O3. The van der Waals surface area contributed by atoms with Crippen molar-refractivity contribution in [1.82, 2.24) is 5.32 Å². The van der Waals surface area contributed by atoms with Gasteiger partial charge in [0.1, 0.15) is 6.04 Å². The Balaban J connectivity index is 2.70. The summed E-state index contributed by atoms with van der Waals surface area (Å²) < 4.78 is 4.60. The van der Waals surface area contributed by atoms with Crippen LogP contribution >= 0.6 is 0 Å². The van der Waals surface area contributed by atoms with Gasteiger partial charge in [-0.25, -0.2) is 4.79 Å². The van der Waals surface area contributed by atoms with Gasteiger partial charge in [0.25, 0.3) is 0 Å². The molecular weight excluding hydrogens is 232 g/mol. The van der Waals surface area contributed by atoms with E-state index in [2.05, 4.69) is 16.1 Å². The first-order valence-electron chi connectivity index (χ1n) is 5.65. The molecule has 0 fully saturated rings. The molecule has 0 aliphatic rings. The van der Waals surface area contributed by atoms with Crippen molar-refractivity contribution in [2.24, 2.45) is 0 Å². The van der Waals surface area contributed by atoms with Crippen molar-refractivity contribution in [1.29, 1.82) is 5.26 Å². The molecule has 0 spiro atoms. The zero-order chi connectivity index (χ0) is 13.4. The van der Waals surface area contributed by atoms with Crippen molar-refractivity contribution in [2.75, 3.05) is 20.3 Å². The summed E-state index contributed by atoms with van der Waals surface area (Å²) in [5.74, 6) is -0.400. The lowest BCUT2D eigenvalue weighted by atomic mass is 10.1. The average Bonchev–Trinajstić information content (AvgIpc) is 2.43. The highest BCUT2D eigenvalue weighted by Gasteiger charge is 2.11. The standard InChI is InChI=1S/C13H16N2O3/c1-18-13(17)11-5-3-10(4-6-11)12(9-14)15-7-2-8-16/h3-6,12,15-16H,2,7-8H2,1H3. The quantitative estimate of drug-likeness (QED) is 0.580. The summed E-state index contributed by atoms with van der Waals surface area (Å²) in [5.41, 5.74) is 1.23. The van der Waals surface area contributed by atoms with Crippen molar-refractivity contribution >= 4 is 5.97 Å². The number of methoxy groups -OCH3 is 1. The molecule has 2 N–H and O–H groups in total. The Morgan fingerprint density at radius 2 is 2.17 bits per heavy atom. The number of hydrogen-bond donors (Lipinski definition) is 2. The van der Waals surface area contributed by atoms with Gasteiger partial charge in [-0.2, -0.15) is 5.26 Å². The van der Waals surface area contributed by atoms with E-state index < -0.39 is 12.0 Å². The van der Waals surface area contributed by atoms with Crippen LogP contribution in [0.25, 0.3) is 0 Å². The fraction of sp³-hybridized carbons (Fsp3) is 0.385. The summed E-state index contributed by atoms with van der Waals surface area (Å²) in [7, 11) is 1.32. The number of aliphatic hydroxyl groups is 1. The Morgan fingerprint density at radius 3 is 2.67 bits per heavy atom. The van der Waals surface area contributed by atoms with Gasteiger partial charge in [-0.1, -0.05) is 12.1 Å². The Bertz CT molecular complexity index is 423. The van der Waals surface area contributed by atoms with Crippen molar-refractivity contribution in [3.63, 3.8) is 0 Å². The molecule has 0 amide bonds. The smallest absolute Gasteiger partial charge is 0.337 e.